The molecular weight excluding hydrogens is 396 g/mol. The van der Waals surface area contributed by atoms with Crippen molar-refractivity contribution in [3.63, 3.8) is 0 Å². The first-order valence-corrected chi connectivity index (χ1v) is 11.2. The molecule has 2 nitrogen and oxygen atoms in total. The van der Waals surface area contributed by atoms with E-state index in [2.05, 4.69) is 79.9 Å². The third-order valence-electron chi connectivity index (χ3n) is 5.08. The van der Waals surface area contributed by atoms with Crippen molar-refractivity contribution < 1.29 is 0 Å². The van der Waals surface area contributed by atoms with Gasteiger partial charge < -0.3 is 4.57 Å². The smallest absolute Gasteiger partial charge is 0.120 e. The summed E-state index contributed by atoms with van der Waals surface area (Å²) in [6.45, 7) is 7.56. The fourth-order valence-electron chi connectivity index (χ4n) is 3.38. The van der Waals surface area contributed by atoms with Gasteiger partial charge in [0, 0.05) is 16.5 Å². The highest BCUT2D eigenvalue weighted by Gasteiger charge is 2.14. The van der Waals surface area contributed by atoms with Gasteiger partial charge in [-0.25, -0.2) is 4.98 Å². The largest absolute Gasteiger partial charge is 0.323 e. The summed E-state index contributed by atoms with van der Waals surface area (Å²) in [4.78, 5) is 6.11. The molecule has 0 bridgehead atoms. The summed E-state index contributed by atoms with van der Waals surface area (Å²) in [7, 11) is 0. The van der Waals surface area contributed by atoms with E-state index in [1.807, 2.05) is 18.2 Å². The Morgan fingerprint density at radius 2 is 1.59 bits per heavy atom. The van der Waals surface area contributed by atoms with Crippen molar-refractivity contribution in [1.29, 1.82) is 0 Å². The van der Waals surface area contributed by atoms with Crippen LogP contribution in [0.15, 0.2) is 77.7 Å². The molecule has 4 heteroatoms. The molecule has 0 fully saturated rings. The van der Waals surface area contributed by atoms with Gasteiger partial charge in [0.25, 0.3) is 0 Å². The van der Waals surface area contributed by atoms with E-state index in [0.717, 1.165) is 28.7 Å². The average Bonchev–Trinajstić information content (AvgIpc) is 3.05. The fraction of sp³-hybridized carbons (Fsp3) is 0.240. The van der Waals surface area contributed by atoms with Crippen molar-refractivity contribution in [2.45, 2.75) is 43.4 Å². The van der Waals surface area contributed by atoms with Crippen LogP contribution in [0.5, 0.6) is 0 Å². The van der Waals surface area contributed by atoms with E-state index in [0.29, 0.717) is 0 Å². The molecule has 0 amide bonds. The van der Waals surface area contributed by atoms with Crippen LogP contribution in [0.2, 0.25) is 5.02 Å². The standard InChI is InChI=1S/C25H25ClN2S/c1-25(2,3)19-10-8-18(9-11-19)16-28-23-7-5-4-6-22(23)27-24(28)17-29-21-14-12-20(26)13-15-21/h4-15H,16-17H2,1-3H3. The van der Waals surface area contributed by atoms with Crippen LogP contribution in [-0.4, -0.2) is 9.55 Å². The quantitative estimate of drug-likeness (QED) is 0.314. The number of hydrogen-bond donors (Lipinski definition) is 0. The number of halogens is 1. The Morgan fingerprint density at radius 1 is 0.897 bits per heavy atom. The lowest BCUT2D eigenvalue weighted by atomic mass is 9.87. The van der Waals surface area contributed by atoms with Gasteiger partial charge in [-0.3, -0.25) is 0 Å². The molecule has 0 saturated heterocycles. The lowest BCUT2D eigenvalue weighted by Crippen LogP contribution is -2.11. The van der Waals surface area contributed by atoms with E-state index in [1.54, 1.807) is 11.8 Å². The molecular formula is C25H25ClN2S. The summed E-state index contributed by atoms with van der Waals surface area (Å²) < 4.78 is 2.34. The van der Waals surface area contributed by atoms with Gasteiger partial charge in [0.15, 0.2) is 0 Å². The lowest BCUT2D eigenvalue weighted by molar-refractivity contribution is 0.589. The number of rotatable bonds is 5. The molecule has 3 aromatic carbocycles. The van der Waals surface area contributed by atoms with Gasteiger partial charge in [0.1, 0.15) is 5.82 Å². The highest BCUT2D eigenvalue weighted by Crippen LogP contribution is 2.27. The van der Waals surface area contributed by atoms with Crippen LogP contribution in [0.3, 0.4) is 0 Å². The molecule has 1 aromatic heterocycles. The van der Waals surface area contributed by atoms with Crippen LogP contribution in [0.4, 0.5) is 0 Å². The van der Waals surface area contributed by atoms with Crippen LogP contribution in [-0.2, 0) is 17.7 Å². The molecule has 1 heterocycles. The second-order valence-electron chi connectivity index (χ2n) is 8.29. The molecule has 148 valence electrons. The second-order valence-corrected chi connectivity index (χ2v) is 9.78. The normalized spacial score (nSPS) is 11.9. The Morgan fingerprint density at radius 3 is 2.28 bits per heavy atom. The fourth-order valence-corrected chi connectivity index (χ4v) is 4.35. The summed E-state index contributed by atoms with van der Waals surface area (Å²) >= 11 is 7.80. The Kier molecular flexibility index (Phi) is 5.71. The number of para-hydroxylation sites is 2. The molecule has 0 atom stereocenters. The Balaban J connectivity index is 1.62. The molecule has 4 aromatic rings. The van der Waals surface area contributed by atoms with Gasteiger partial charge in [0.2, 0.25) is 0 Å². The summed E-state index contributed by atoms with van der Waals surface area (Å²) in [6.07, 6.45) is 0. The average molecular weight is 421 g/mol. The van der Waals surface area contributed by atoms with Crippen molar-refractivity contribution >= 4 is 34.4 Å². The molecule has 0 aliphatic heterocycles. The van der Waals surface area contributed by atoms with Crippen molar-refractivity contribution in [2.75, 3.05) is 0 Å². The number of aromatic nitrogens is 2. The summed E-state index contributed by atoms with van der Waals surface area (Å²) in [5.41, 5.74) is 5.04. The maximum atomic E-state index is 6.01. The zero-order chi connectivity index (χ0) is 20.4. The van der Waals surface area contributed by atoms with Crippen molar-refractivity contribution in [3.05, 3.63) is 94.8 Å². The summed E-state index contributed by atoms with van der Waals surface area (Å²) in [5, 5.41) is 0.764. The molecule has 0 aliphatic rings. The van der Waals surface area contributed by atoms with E-state index in [4.69, 9.17) is 16.6 Å². The first-order valence-electron chi connectivity index (χ1n) is 9.82. The third-order valence-corrected chi connectivity index (χ3v) is 6.34. The predicted molar refractivity (Wildman–Crippen MR) is 125 cm³/mol. The van der Waals surface area contributed by atoms with Crippen LogP contribution in [0.25, 0.3) is 11.0 Å². The van der Waals surface area contributed by atoms with E-state index < -0.39 is 0 Å². The highest BCUT2D eigenvalue weighted by molar-refractivity contribution is 7.98. The van der Waals surface area contributed by atoms with Crippen LogP contribution >= 0.6 is 23.4 Å². The van der Waals surface area contributed by atoms with Gasteiger partial charge in [-0.05, 0) is 52.9 Å². The highest BCUT2D eigenvalue weighted by atomic mass is 35.5. The van der Waals surface area contributed by atoms with Gasteiger partial charge in [-0.15, -0.1) is 11.8 Å². The topological polar surface area (TPSA) is 17.8 Å². The minimum atomic E-state index is 0.167. The maximum Gasteiger partial charge on any atom is 0.120 e. The van der Waals surface area contributed by atoms with Crippen LogP contribution in [0.1, 0.15) is 37.7 Å². The predicted octanol–water partition coefficient (Wildman–Crippen LogP) is 7.33. The van der Waals surface area contributed by atoms with Crippen molar-refractivity contribution in [1.82, 2.24) is 9.55 Å². The number of benzene rings is 3. The van der Waals surface area contributed by atoms with Crippen LogP contribution in [0, 0.1) is 0 Å². The first-order chi connectivity index (χ1) is 13.9. The maximum absolute atomic E-state index is 6.01. The monoisotopic (exact) mass is 420 g/mol. The number of hydrogen-bond acceptors (Lipinski definition) is 2. The van der Waals surface area contributed by atoms with E-state index in [1.165, 1.54) is 21.5 Å². The molecule has 0 aliphatic carbocycles. The minimum Gasteiger partial charge on any atom is -0.323 e. The third kappa shape index (κ3) is 4.68. The zero-order valence-corrected chi connectivity index (χ0v) is 18.6. The van der Waals surface area contributed by atoms with E-state index in [-0.39, 0.29) is 5.41 Å². The lowest BCUT2D eigenvalue weighted by Gasteiger charge is -2.19. The Hall–Kier alpha value is -2.23. The summed E-state index contributed by atoms with van der Waals surface area (Å²) in [5.74, 6) is 1.90. The van der Waals surface area contributed by atoms with Crippen molar-refractivity contribution in [3.8, 4) is 0 Å². The molecule has 4 rings (SSSR count). The summed E-state index contributed by atoms with van der Waals surface area (Å²) in [6, 6.07) is 25.3. The van der Waals surface area contributed by atoms with E-state index in [9.17, 15) is 0 Å². The van der Waals surface area contributed by atoms with Gasteiger partial charge in [-0.1, -0.05) is 68.8 Å². The SMILES string of the molecule is CC(C)(C)c1ccc(Cn2c(CSc3ccc(Cl)cc3)nc3ccccc32)cc1. The Bertz CT molecular complexity index is 1110. The van der Waals surface area contributed by atoms with E-state index >= 15 is 0 Å². The molecule has 0 radical (unpaired) electrons. The van der Waals surface area contributed by atoms with Gasteiger partial charge >= 0.3 is 0 Å². The van der Waals surface area contributed by atoms with Gasteiger partial charge in [-0.2, -0.15) is 0 Å². The molecule has 0 saturated carbocycles. The molecule has 29 heavy (non-hydrogen) atoms. The van der Waals surface area contributed by atoms with Crippen LogP contribution < -0.4 is 0 Å². The molecule has 0 spiro atoms. The Labute approximate surface area is 181 Å². The van der Waals surface area contributed by atoms with Crippen molar-refractivity contribution in [2.24, 2.45) is 0 Å². The number of fused-ring (bicyclic) bond motifs is 1. The number of nitrogens with zero attached hydrogens (tertiary/aromatic N) is 2. The number of imidazole rings is 1. The minimum absolute atomic E-state index is 0.167. The first kappa shape index (κ1) is 20.1. The second kappa shape index (κ2) is 8.25. The molecule has 0 N–H and O–H groups in total. The number of thioether (sulfide) groups is 1. The molecule has 0 unspecified atom stereocenters. The van der Waals surface area contributed by atoms with Gasteiger partial charge in [0.05, 0.1) is 16.8 Å². The zero-order valence-electron chi connectivity index (χ0n) is 17.0.